The minimum absolute atomic E-state index is 0.00120. The number of benzene rings is 2. The molecule has 6 nitrogen and oxygen atoms in total. The number of amides is 1. The van der Waals surface area contributed by atoms with Gasteiger partial charge in [-0.3, -0.25) is 4.79 Å². The predicted octanol–water partition coefficient (Wildman–Crippen LogP) is 2.38. The smallest absolute Gasteiger partial charge is 0.224 e. The first-order valence-corrected chi connectivity index (χ1v) is 8.08. The van der Waals surface area contributed by atoms with Crippen molar-refractivity contribution in [2.75, 3.05) is 27.9 Å². The molecule has 0 aliphatic rings. The minimum Gasteiger partial charge on any atom is -0.493 e. The number of methoxy groups -OCH3 is 3. The van der Waals surface area contributed by atoms with E-state index in [-0.39, 0.29) is 24.4 Å². The van der Waals surface area contributed by atoms with Crippen LogP contribution in [0.25, 0.3) is 0 Å². The van der Waals surface area contributed by atoms with Crippen LogP contribution in [0.5, 0.6) is 17.2 Å². The molecule has 0 radical (unpaired) electrons. The van der Waals surface area contributed by atoms with Crippen molar-refractivity contribution in [1.29, 1.82) is 0 Å². The van der Waals surface area contributed by atoms with Gasteiger partial charge in [0.1, 0.15) is 0 Å². The summed E-state index contributed by atoms with van der Waals surface area (Å²) in [6.07, 6.45) is -1.16. The fourth-order valence-corrected chi connectivity index (χ4v) is 2.53. The van der Waals surface area contributed by atoms with Crippen LogP contribution >= 0.6 is 0 Å². The molecular weight excluding hydrogens is 360 g/mol. The van der Waals surface area contributed by atoms with Crippen LogP contribution < -0.4 is 19.5 Å². The van der Waals surface area contributed by atoms with E-state index in [1.807, 2.05) is 0 Å². The van der Waals surface area contributed by atoms with Crippen molar-refractivity contribution < 1.29 is 32.9 Å². The number of carbonyl (C=O) groups excluding carboxylic acids is 1. The van der Waals surface area contributed by atoms with E-state index in [0.29, 0.717) is 22.8 Å². The molecule has 0 fully saturated rings. The molecule has 0 spiro atoms. The highest BCUT2D eigenvalue weighted by Gasteiger charge is 2.16. The molecule has 0 aliphatic carbocycles. The van der Waals surface area contributed by atoms with Crippen molar-refractivity contribution in [3.05, 3.63) is 53.1 Å². The molecule has 2 aromatic carbocycles. The fraction of sp³-hybridized carbons (Fsp3) is 0.316. The Morgan fingerprint density at radius 3 is 2.19 bits per heavy atom. The first-order valence-electron chi connectivity index (χ1n) is 8.08. The summed E-state index contributed by atoms with van der Waals surface area (Å²) in [6.45, 7) is -0.145. The van der Waals surface area contributed by atoms with Gasteiger partial charge in [0.2, 0.25) is 11.7 Å². The lowest BCUT2D eigenvalue weighted by molar-refractivity contribution is -0.120. The molecule has 0 aromatic heterocycles. The highest BCUT2D eigenvalue weighted by atomic mass is 19.2. The lowest BCUT2D eigenvalue weighted by Crippen LogP contribution is -2.29. The van der Waals surface area contributed by atoms with Crippen LogP contribution in [0.4, 0.5) is 8.78 Å². The lowest BCUT2D eigenvalue weighted by atomic mass is 10.1. The summed E-state index contributed by atoms with van der Waals surface area (Å²) in [5.41, 5.74) is 0.784. The molecule has 1 unspecified atom stereocenters. The van der Waals surface area contributed by atoms with Gasteiger partial charge in [-0.15, -0.1) is 0 Å². The maximum atomic E-state index is 13.2. The fourth-order valence-electron chi connectivity index (χ4n) is 2.53. The van der Waals surface area contributed by atoms with Gasteiger partial charge in [-0.05, 0) is 35.4 Å². The van der Waals surface area contributed by atoms with Gasteiger partial charge in [-0.25, -0.2) is 8.78 Å². The average Bonchev–Trinajstić information content (AvgIpc) is 2.67. The number of aliphatic hydroxyl groups excluding tert-OH is 1. The van der Waals surface area contributed by atoms with Crippen LogP contribution in [0.3, 0.4) is 0 Å². The maximum Gasteiger partial charge on any atom is 0.224 e. The third-order valence-electron chi connectivity index (χ3n) is 3.91. The highest BCUT2D eigenvalue weighted by Crippen LogP contribution is 2.38. The van der Waals surface area contributed by atoms with Gasteiger partial charge >= 0.3 is 0 Å². The number of hydrogen-bond acceptors (Lipinski definition) is 5. The van der Waals surface area contributed by atoms with Gasteiger partial charge in [-0.2, -0.15) is 0 Å². The second kappa shape index (κ2) is 9.18. The van der Waals surface area contributed by atoms with Crippen molar-refractivity contribution in [2.45, 2.75) is 12.5 Å². The Morgan fingerprint density at radius 1 is 1.04 bits per heavy atom. The van der Waals surface area contributed by atoms with Crippen LogP contribution in [0.2, 0.25) is 0 Å². The molecule has 2 rings (SSSR count). The summed E-state index contributed by atoms with van der Waals surface area (Å²) in [5.74, 6) is -1.18. The zero-order valence-electron chi connectivity index (χ0n) is 15.2. The Balaban J connectivity index is 2.02. The van der Waals surface area contributed by atoms with E-state index >= 15 is 0 Å². The van der Waals surface area contributed by atoms with E-state index in [4.69, 9.17) is 14.2 Å². The number of rotatable bonds is 8. The molecule has 0 bridgehead atoms. The third-order valence-corrected chi connectivity index (χ3v) is 3.91. The number of aliphatic hydroxyl groups is 1. The molecule has 0 saturated carbocycles. The number of ether oxygens (including phenoxy) is 3. The van der Waals surface area contributed by atoms with Crippen LogP contribution in [0.15, 0.2) is 30.3 Å². The molecule has 0 heterocycles. The van der Waals surface area contributed by atoms with Crippen molar-refractivity contribution in [1.82, 2.24) is 5.32 Å². The van der Waals surface area contributed by atoms with Gasteiger partial charge in [0.25, 0.3) is 0 Å². The molecule has 2 aromatic rings. The monoisotopic (exact) mass is 381 g/mol. The molecule has 1 atom stereocenters. The summed E-state index contributed by atoms with van der Waals surface area (Å²) in [4.78, 5) is 12.2. The standard InChI is InChI=1S/C19H21F2NO5/c1-25-16-6-11(7-17(26-2)19(16)27-3)8-18(24)22-10-15(23)12-4-5-13(20)14(21)9-12/h4-7,9,15,23H,8,10H2,1-3H3,(H,22,24). The number of hydrogen-bond donors (Lipinski definition) is 2. The van der Waals surface area contributed by atoms with E-state index in [0.717, 1.165) is 12.1 Å². The van der Waals surface area contributed by atoms with E-state index in [1.54, 1.807) is 12.1 Å². The van der Waals surface area contributed by atoms with Gasteiger partial charge in [-0.1, -0.05) is 6.07 Å². The highest BCUT2D eigenvalue weighted by molar-refractivity contribution is 5.79. The minimum atomic E-state index is -1.16. The molecule has 27 heavy (non-hydrogen) atoms. The zero-order valence-corrected chi connectivity index (χ0v) is 15.2. The Morgan fingerprint density at radius 2 is 1.67 bits per heavy atom. The summed E-state index contributed by atoms with van der Waals surface area (Å²) < 4.78 is 41.9. The van der Waals surface area contributed by atoms with Crippen molar-refractivity contribution >= 4 is 5.91 Å². The molecule has 0 aliphatic heterocycles. The van der Waals surface area contributed by atoms with E-state index in [2.05, 4.69) is 5.32 Å². The molecule has 0 saturated heterocycles. The second-order valence-corrected chi connectivity index (χ2v) is 5.70. The van der Waals surface area contributed by atoms with Gasteiger partial charge < -0.3 is 24.6 Å². The summed E-state index contributed by atoms with van der Waals surface area (Å²) in [6, 6.07) is 6.37. The van der Waals surface area contributed by atoms with Crippen molar-refractivity contribution in [3.8, 4) is 17.2 Å². The topological polar surface area (TPSA) is 77.0 Å². The van der Waals surface area contributed by atoms with Crippen LogP contribution in [0, 0.1) is 11.6 Å². The Bertz CT molecular complexity index is 788. The summed E-state index contributed by atoms with van der Waals surface area (Å²) in [5, 5.41) is 12.6. The quantitative estimate of drug-likeness (QED) is 0.734. The molecule has 2 N–H and O–H groups in total. The van der Waals surface area contributed by atoms with E-state index in [9.17, 15) is 18.7 Å². The van der Waals surface area contributed by atoms with Crippen molar-refractivity contribution in [3.63, 3.8) is 0 Å². The maximum absolute atomic E-state index is 13.2. The lowest BCUT2D eigenvalue weighted by Gasteiger charge is -2.15. The van der Waals surface area contributed by atoms with E-state index < -0.39 is 17.7 Å². The number of halogens is 2. The van der Waals surface area contributed by atoms with Crippen LogP contribution in [-0.4, -0.2) is 38.9 Å². The van der Waals surface area contributed by atoms with Gasteiger partial charge in [0, 0.05) is 6.54 Å². The third kappa shape index (κ3) is 5.07. The van der Waals surface area contributed by atoms with Gasteiger partial charge in [0.05, 0.1) is 33.9 Å². The second-order valence-electron chi connectivity index (χ2n) is 5.70. The first-order chi connectivity index (χ1) is 12.9. The molecule has 1 amide bonds. The van der Waals surface area contributed by atoms with Gasteiger partial charge in [0.15, 0.2) is 23.1 Å². The van der Waals surface area contributed by atoms with Crippen molar-refractivity contribution in [2.24, 2.45) is 0 Å². The SMILES string of the molecule is COc1cc(CC(=O)NCC(O)c2ccc(F)c(F)c2)cc(OC)c1OC. The molecule has 146 valence electrons. The Hall–Kier alpha value is -2.87. The summed E-state index contributed by atoms with van der Waals surface area (Å²) in [7, 11) is 4.42. The number of nitrogens with one attached hydrogen (secondary N) is 1. The molecular formula is C19H21F2NO5. The Kier molecular flexibility index (Phi) is 6.95. The average molecular weight is 381 g/mol. The molecule has 8 heteroatoms. The predicted molar refractivity (Wildman–Crippen MR) is 94.1 cm³/mol. The van der Waals surface area contributed by atoms with Crippen LogP contribution in [-0.2, 0) is 11.2 Å². The normalized spacial score (nSPS) is 11.6. The summed E-state index contributed by atoms with van der Waals surface area (Å²) >= 11 is 0. The largest absolute Gasteiger partial charge is 0.493 e. The van der Waals surface area contributed by atoms with Crippen LogP contribution in [0.1, 0.15) is 17.2 Å². The van der Waals surface area contributed by atoms with E-state index in [1.165, 1.54) is 27.4 Å². The number of carbonyl (C=O) groups is 1. The Labute approximate surface area is 155 Å². The zero-order chi connectivity index (χ0) is 20.0. The first kappa shape index (κ1) is 20.4.